The molecule has 5 heteroatoms. The van der Waals surface area contributed by atoms with Crippen LogP contribution in [0.25, 0.3) is 10.2 Å². The molecule has 0 aromatic carbocycles. The molecule has 0 bridgehead atoms. The molecule has 0 fully saturated rings. The molecule has 3 nitrogen and oxygen atoms in total. The van der Waals surface area contributed by atoms with Crippen LogP contribution in [0.3, 0.4) is 0 Å². The minimum atomic E-state index is 0.154. The summed E-state index contributed by atoms with van der Waals surface area (Å²) in [6.45, 7) is 0. The predicted octanol–water partition coefficient (Wildman–Crippen LogP) is 3.50. The molecule has 0 aliphatic carbocycles. The van der Waals surface area contributed by atoms with Gasteiger partial charge >= 0.3 is 0 Å². The Kier molecular flexibility index (Phi) is 3.89. The zero-order valence-corrected chi connectivity index (χ0v) is 12.0. The van der Waals surface area contributed by atoms with E-state index in [1.165, 1.54) is 9.58 Å². The molecule has 0 aliphatic rings. The fourth-order valence-electron chi connectivity index (χ4n) is 2.14. The maximum absolute atomic E-state index is 5.69. The Bertz CT molecular complexity index is 646. The molecule has 19 heavy (non-hydrogen) atoms. The fraction of sp³-hybridized carbons (Fsp3) is 0.214. The number of thiophene rings is 2. The first-order chi connectivity index (χ1) is 9.36. The Morgan fingerprint density at radius 3 is 3.00 bits per heavy atom. The minimum absolute atomic E-state index is 0.154. The maximum Gasteiger partial charge on any atom is 0.0809 e. The van der Waals surface area contributed by atoms with Gasteiger partial charge in [0.1, 0.15) is 0 Å². The number of aromatic nitrogens is 1. The summed E-state index contributed by atoms with van der Waals surface area (Å²) in [5, 5.41) is 4.18. The van der Waals surface area contributed by atoms with Crippen LogP contribution in [0.5, 0.6) is 0 Å². The summed E-state index contributed by atoms with van der Waals surface area (Å²) < 4.78 is 1.22. The minimum Gasteiger partial charge on any atom is -0.271 e. The van der Waals surface area contributed by atoms with E-state index in [4.69, 9.17) is 5.84 Å². The van der Waals surface area contributed by atoms with Crippen molar-refractivity contribution in [1.29, 1.82) is 0 Å². The average molecular weight is 289 g/mol. The Morgan fingerprint density at radius 2 is 2.21 bits per heavy atom. The average Bonchev–Trinajstić information content (AvgIpc) is 3.09. The van der Waals surface area contributed by atoms with E-state index < -0.39 is 0 Å². The van der Waals surface area contributed by atoms with E-state index >= 15 is 0 Å². The van der Waals surface area contributed by atoms with Crippen LogP contribution in [0.15, 0.2) is 41.2 Å². The molecule has 3 aromatic heterocycles. The lowest BCUT2D eigenvalue weighted by Gasteiger charge is -2.15. The molecule has 0 aliphatic heterocycles. The highest BCUT2D eigenvalue weighted by Gasteiger charge is 2.11. The standard InChI is InChI=1S/C14H15N3S2/c15-17-12(4-3-11-2-1-6-18-11)10-8-14-13(16-9-10)5-7-19-14/h1-2,5-9,12,17H,3-4,15H2. The van der Waals surface area contributed by atoms with Crippen LogP contribution < -0.4 is 11.3 Å². The zero-order chi connectivity index (χ0) is 13.1. The van der Waals surface area contributed by atoms with Gasteiger partial charge in [-0.15, -0.1) is 22.7 Å². The van der Waals surface area contributed by atoms with E-state index in [0.29, 0.717) is 0 Å². The van der Waals surface area contributed by atoms with E-state index in [9.17, 15) is 0 Å². The Balaban J connectivity index is 1.76. The predicted molar refractivity (Wildman–Crippen MR) is 82.3 cm³/mol. The number of rotatable bonds is 5. The highest BCUT2D eigenvalue weighted by molar-refractivity contribution is 7.17. The summed E-state index contributed by atoms with van der Waals surface area (Å²) in [4.78, 5) is 5.87. The van der Waals surface area contributed by atoms with Crippen LogP contribution in [0.4, 0.5) is 0 Å². The molecule has 1 unspecified atom stereocenters. The second kappa shape index (κ2) is 5.79. The first-order valence-electron chi connectivity index (χ1n) is 6.18. The molecule has 3 heterocycles. The molecule has 0 radical (unpaired) electrons. The van der Waals surface area contributed by atoms with E-state index in [0.717, 1.165) is 23.9 Å². The Morgan fingerprint density at radius 1 is 1.26 bits per heavy atom. The molecular formula is C14H15N3S2. The number of fused-ring (bicyclic) bond motifs is 1. The van der Waals surface area contributed by atoms with Gasteiger partial charge in [-0.05, 0) is 47.4 Å². The topological polar surface area (TPSA) is 50.9 Å². The number of hydrazine groups is 1. The van der Waals surface area contributed by atoms with E-state index in [2.05, 4.69) is 39.4 Å². The quantitative estimate of drug-likeness (QED) is 0.558. The number of aryl methyl sites for hydroxylation is 1. The van der Waals surface area contributed by atoms with E-state index in [-0.39, 0.29) is 6.04 Å². The van der Waals surface area contributed by atoms with Crippen LogP contribution in [-0.2, 0) is 6.42 Å². The zero-order valence-electron chi connectivity index (χ0n) is 10.4. The van der Waals surface area contributed by atoms with Gasteiger partial charge in [0.05, 0.1) is 10.2 Å². The van der Waals surface area contributed by atoms with Gasteiger partial charge < -0.3 is 0 Å². The van der Waals surface area contributed by atoms with Crippen molar-refractivity contribution in [1.82, 2.24) is 10.4 Å². The summed E-state index contributed by atoms with van der Waals surface area (Å²) in [7, 11) is 0. The van der Waals surface area contributed by atoms with Crippen molar-refractivity contribution in [3.63, 3.8) is 0 Å². The third-order valence-corrected chi connectivity index (χ3v) is 4.98. The van der Waals surface area contributed by atoms with Gasteiger partial charge in [-0.25, -0.2) is 0 Å². The highest BCUT2D eigenvalue weighted by atomic mass is 32.1. The first-order valence-corrected chi connectivity index (χ1v) is 7.94. The lowest BCUT2D eigenvalue weighted by atomic mass is 10.0. The Hall–Kier alpha value is -1.27. The molecule has 0 amide bonds. The van der Waals surface area contributed by atoms with Crippen LogP contribution in [0.1, 0.15) is 22.9 Å². The van der Waals surface area contributed by atoms with Gasteiger partial charge in [0.2, 0.25) is 0 Å². The second-order valence-electron chi connectivity index (χ2n) is 4.41. The van der Waals surface area contributed by atoms with Gasteiger partial charge in [-0.1, -0.05) is 6.07 Å². The summed E-state index contributed by atoms with van der Waals surface area (Å²) in [6, 6.07) is 8.64. The van der Waals surface area contributed by atoms with Crippen molar-refractivity contribution in [3.05, 3.63) is 51.7 Å². The number of hydrogen-bond acceptors (Lipinski definition) is 5. The summed E-state index contributed by atoms with van der Waals surface area (Å²) >= 11 is 3.51. The van der Waals surface area contributed by atoms with Crippen molar-refractivity contribution in [2.45, 2.75) is 18.9 Å². The fourth-order valence-corrected chi connectivity index (χ4v) is 3.65. The Labute approximate surface area is 120 Å². The van der Waals surface area contributed by atoms with Gasteiger partial charge in [-0.3, -0.25) is 16.3 Å². The van der Waals surface area contributed by atoms with Crippen molar-refractivity contribution >= 4 is 32.9 Å². The molecular weight excluding hydrogens is 274 g/mol. The van der Waals surface area contributed by atoms with Gasteiger partial charge in [0.15, 0.2) is 0 Å². The summed E-state index contributed by atoms with van der Waals surface area (Å²) in [5.74, 6) is 5.69. The van der Waals surface area contributed by atoms with Crippen LogP contribution >= 0.6 is 22.7 Å². The van der Waals surface area contributed by atoms with Crippen LogP contribution in [-0.4, -0.2) is 4.98 Å². The monoisotopic (exact) mass is 289 g/mol. The SMILES string of the molecule is NNC(CCc1cccs1)c1cnc2ccsc2c1. The van der Waals surface area contributed by atoms with Crippen molar-refractivity contribution < 1.29 is 0 Å². The largest absolute Gasteiger partial charge is 0.271 e. The van der Waals surface area contributed by atoms with E-state index in [1.54, 1.807) is 22.7 Å². The number of pyridine rings is 1. The van der Waals surface area contributed by atoms with Crippen molar-refractivity contribution in [2.24, 2.45) is 5.84 Å². The molecule has 3 aromatic rings. The van der Waals surface area contributed by atoms with Crippen molar-refractivity contribution in [3.8, 4) is 0 Å². The van der Waals surface area contributed by atoms with Gasteiger partial charge in [-0.2, -0.15) is 0 Å². The van der Waals surface area contributed by atoms with Crippen molar-refractivity contribution in [2.75, 3.05) is 0 Å². The second-order valence-corrected chi connectivity index (χ2v) is 6.39. The molecule has 3 rings (SSSR count). The first kappa shape index (κ1) is 12.7. The third kappa shape index (κ3) is 2.84. The lowest BCUT2D eigenvalue weighted by Crippen LogP contribution is -2.28. The normalized spacial score (nSPS) is 12.9. The number of nitrogens with zero attached hydrogens (tertiary/aromatic N) is 1. The van der Waals surface area contributed by atoms with Crippen LogP contribution in [0.2, 0.25) is 0 Å². The number of nitrogens with two attached hydrogens (primary N) is 1. The molecule has 0 saturated heterocycles. The van der Waals surface area contributed by atoms with E-state index in [1.807, 2.05) is 12.3 Å². The molecule has 3 N–H and O–H groups in total. The molecule has 98 valence electrons. The molecule has 0 spiro atoms. The smallest absolute Gasteiger partial charge is 0.0809 e. The number of nitrogens with one attached hydrogen (secondary N) is 1. The molecule has 0 saturated carbocycles. The summed E-state index contributed by atoms with van der Waals surface area (Å²) in [5.41, 5.74) is 5.13. The lowest BCUT2D eigenvalue weighted by molar-refractivity contribution is 0.517. The van der Waals surface area contributed by atoms with Gasteiger partial charge in [0.25, 0.3) is 0 Å². The third-order valence-electron chi connectivity index (χ3n) is 3.19. The molecule has 1 atom stereocenters. The maximum atomic E-state index is 5.69. The van der Waals surface area contributed by atoms with Crippen LogP contribution in [0, 0.1) is 0 Å². The summed E-state index contributed by atoms with van der Waals surface area (Å²) in [6.07, 6.45) is 3.94. The number of hydrogen-bond donors (Lipinski definition) is 2. The van der Waals surface area contributed by atoms with Gasteiger partial charge in [0, 0.05) is 17.1 Å². The highest BCUT2D eigenvalue weighted by Crippen LogP contribution is 2.25.